The second-order valence-electron chi connectivity index (χ2n) is 8.44. The van der Waals surface area contributed by atoms with E-state index in [0.29, 0.717) is 10.5 Å². The molecule has 1 atom stereocenters. The molecule has 2 aliphatic carbocycles. The largest absolute Gasteiger partial charge is 0.226 e. The van der Waals surface area contributed by atoms with Crippen molar-refractivity contribution in [2.75, 3.05) is 12.5 Å². The van der Waals surface area contributed by atoms with Gasteiger partial charge < -0.3 is 0 Å². The maximum absolute atomic E-state index is 2.57. The van der Waals surface area contributed by atoms with Crippen molar-refractivity contribution in [2.45, 2.75) is 38.2 Å². The molecular formula is C26H30S. The number of rotatable bonds is 3. The molecule has 0 heterocycles. The van der Waals surface area contributed by atoms with Gasteiger partial charge in [-0.25, -0.2) is 10.0 Å². The smallest absolute Gasteiger partial charge is 0.0340 e. The summed E-state index contributed by atoms with van der Waals surface area (Å²) in [5.41, 5.74) is 11.9. The minimum atomic E-state index is -0.949. The van der Waals surface area contributed by atoms with Crippen molar-refractivity contribution in [1.82, 2.24) is 0 Å². The molecule has 1 heteroatoms. The zero-order chi connectivity index (χ0) is 19.3. The summed E-state index contributed by atoms with van der Waals surface area (Å²) in [6.07, 6.45) is 7.66. The van der Waals surface area contributed by atoms with Crippen molar-refractivity contribution in [3.8, 4) is 0 Å². The van der Waals surface area contributed by atoms with Crippen molar-refractivity contribution in [3.05, 3.63) is 99.7 Å². The quantitative estimate of drug-likeness (QED) is 0.529. The lowest BCUT2D eigenvalue weighted by molar-refractivity contribution is 1.10. The normalized spacial score (nSPS) is 21.0. The van der Waals surface area contributed by atoms with E-state index < -0.39 is 10.0 Å². The number of hydrogen-bond acceptors (Lipinski definition) is 0. The van der Waals surface area contributed by atoms with E-state index in [0.717, 1.165) is 0 Å². The van der Waals surface area contributed by atoms with Gasteiger partial charge in [0.05, 0.1) is 0 Å². The molecule has 0 radical (unpaired) electrons. The standard InChI is InChI=1S/C26H30S/c1-17-18(2)20(4)26(19(17)3)27(5,6)25-16-24(21-12-8-7-9-13-21)22-14-10-11-15-23(22)25/h7-16,25-26H,1-6H3. The summed E-state index contributed by atoms with van der Waals surface area (Å²) in [6.45, 7) is 9.32. The first kappa shape index (κ1) is 18.4. The van der Waals surface area contributed by atoms with Crippen LogP contribution in [0.2, 0.25) is 0 Å². The highest BCUT2D eigenvalue weighted by atomic mass is 32.3. The van der Waals surface area contributed by atoms with E-state index in [-0.39, 0.29) is 0 Å². The molecule has 4 rings (SSSR count). The van der Waals surface area contributed by atoms with Crippen LogP contribution >= 0.6 is 10.0 Å². The van der Waals surface area contributed by atoms with E-state index in [1.54, 1.807) is 11.1 Å². The van der Waals surface area contributed by atoms with Gasteiger partial charge in [-0.2, -0.15) is 0 Å². The highest BCUT2D eigenvalue weighted by Gasteiger charge is 2.41. The molecule has 0 aromatic heterocycles. The molecule has 0 bridgehead atoms. The lowest BCUT2D eigenvalue weighted by Gasteiger charge is -2.45. The van der Waals surface area contributed by atoms with Crippen molar-refractivity contribution in [1.29, 1.82) is 0 Å². The van der Waals surface area contributed by atoms with Crippen LogP contribution in [0.15, 0.2) is 83.0 Å². The summed E-state index contributed by atoms with van der Waals surface area (Å²) in [5.74, 6) is 0. The first-order valence-corrected chi connectivity index (χ1v) is 12.3. The average Bonchev–Trinajstić information content (AvgIpc) is 3.15. The van der Waals surface area contributed by atoms with Crippen LogP contribution in [0.5, 0.6) is 0 Å². The Morgan fingerprint density at radius 3 is 1.89 bits per heavy atom. The van der Waals surface area contributed by atoms with Crippen molar-refractivity contribution in [2.24, 2.45) is 0 Å². The van der Waals surface area contributed by atoms with Gasteiger partial charge in [0.25, 0.3) is 0 Å². The SMILES string of the molecule is CC1=C(C)C(S(C)(C)C2C=C(c3ccccc3)c3ccccc32)C(C)=C1C. The molecule has 0 spiro atoms. The Morgan fingerprint density at radius 1 is 0.704 bits per heavy atom. The minimum Gasteiger partial charge on any atom is -0.226 e. The van der Waals surface area contributed by atoms with Crippen LogP contribution in [0, 0.1) is 0 Å². The molecule has 2 aromatic rings. The van der Waals surface area contributed by atoms with Gasteiger partial charge in [-0.15, -0.1) is 0 Å². The minimum absolute atomic E-state index is 0.498. The van der Waals surface area contributed by atoms with Crippen molar-refractivity contribution < 1.29 is 0 Å². The van der Waals surface area contributed by atoms with Gasteiger partial charge in [-0.1, -0.05) is 71.8 Å². The Hall–Kier alpha value is -1.99. The molecule has 2 aliphatic rings. The van der Waals surface area contributed by atoms with Gasteiger partial charge in [-0.05, 0) is 73.6 Å². The summed E-state index contributed by atoms with van der Waals surface area (Å²) in [5, 5.41) is 1.08. The first-order chi connectivity index (χ1) is 12.8. The van der Waals surface area contributed by atoms with E-state index in [2.05, 4.69) is 101 Å². The van der Waals surface area contributed by atoms with E-state index in [1.165, 1.54) is 33.4 Å². The second-order valence-corrected chi connectivity index (χ2v) is 12.4. The third-order valence-corrected chi connectivity index (χ3v) is 10.4. The van der Waals surface area contributed by atoms with Crippen LogP contribution < -0.4 is 0 Å². The first-order valence-electron chi connectivity index (χ1n) is 9.76. The molecule has 27 heavy (non-hydrogen) atoms. The summed E-state index contributed by atoms with van der Waals surface area (Å²) in [6, 6.07) is 19.9. The number of benzene rings is 2. The van der Waals surface area contributed by atoms with Crippen LogP contribution in [-0.4, -0.2) is 17.8 Å². The lowest BCUT2D eigenvalue weighted by Crippen LogP contribution is -2.22. The van der Waals surface area contributed by atoms with Gasteiger partial charge in [-0.3, -0.25) is 0 Å². The Morgan fingerprint density at radius 2 is 1.26 bits per heavy atom. The Labute approximate surface area is 166 Å². The third-order valence-electron chi connectivity index (χ3n) is 6.75. The highest BCUT2D eigenvalue weighted by Crippen LogP contribution is 2.67. The number of hydrogen-bond donors (Lipinski definition) is 0. The van der Waals surface area contributed by atoms with Crippen LogP contribution in [0.25, 0.3) is 5.57 Å². The molecule has 2 aromatic carbocycles. The summed E-state index contributed by atoms with van der Waals surface area (Å²) < 4.78 is 0. The van der Waals surface area contributed by atoms with Crippen molar-refractivity contribution >= 4 is 15.6 Å². The van der Waals surface area contributed by atoms with E-state index >= 15 is 0 Å². The van der Waals surface area contributed by atoms with Gasteiger partial charge in [0.1, 0.15) is 0 Å². The zero-order valence-corrected chi connectivity index (χ0v) is 18.2. The Kier molecular flexibility index (Phi) is 4.47. The molecule has 1 unspecified atom stereocenters. The molecular weight excluding hydrogens is 344 g/mol. The van der Waals surface area contributed by atoms with Crippen LogP contribution in [0.4, 0.5) is 0 Å². The number of fused-ring (bicyclic) bond motifs is 1. The maximum Gasteiger partial charge on any atom is 0.0340 e. The van der Waals surface area contributed by atoms with Crippen LogP contribution in [-0.2, 0) is 0 Å². The predicted octanol–water partition coefficient (Wildman–Crippen LogP) is 7.29. The fourth-order valence-electron chi connectivity index (χ4n) is 5.06. The molecule has 0 aliphatic heterocycles. The van der Waals surface area contributed by atoms with E-state index in [4.69, 9.17) is 0 Å². The molecule has 0 saturated carbocycles. The van der Waals surface area contributed by atoms with E-state index in [9.17, 15) is 0 Å². The molecule has 140 valence electrons. The fourth-order valence-corrected chi connectivity index (χ4v) is 8.88. The molecule has 0 amide bonds. The van der Waals surface area contributed by atoms with E-state index in [1.807, 2.05) is 0 Å². The summed E-state index contributed by atoms with van der Waals surface area (Å²) in [7, 11) is -0.949. The van der Waals surface area contributed by atoms with Crippen LogP contribution in [0.3, 0.4) is 0 Å². The monoisotopic (exact) mass is 374 g/mol. The maximum atomic E-state index is 2.57. The molecule has 0 saturated heterocycles. The van der Waals surface area contributed by atoms with Gasteiger partial charge in [0, 0.05) is 10.5 Å². The van der Waals surface area contributed by atoms with Crippen LogP contribution in [0.1, 0.15) is 49.6 Å². The predicted molar refractivity (Wildman–Crippen MR) is 123 cm³/mol. The second kappa shape index (κ2) is 6.56. The lowest BCUT2D eigenvalue weighted by atomic mass is 9.99. The fraction of sp³-hybridized carbons (Fsp3) is 0.308. The van der Waals surface area contributed by atoms with Gasteiger partial charge >= 0.3 is 0 Å². The summed E-state index contributed by atoms with van der Waals surface area (Å²) >= 11 is 0. The summed E-state index contributed by atoms with van der Waals surface area (Å²) in [4.78, 5) is 0. The highest BCUT2D eigenvalue weighted by molar-refractivity contribution is 8.33. The molecule has 0 fully saturated rings. The molecule has 0 nitrogen and oxygen atoms in total. The number of allylic oxidation sites excluding steroid dienone is 2. The third kappa shape index (κ3) is 2.75. The Bertz CT molecular complexity index is 962. The van der Waals surface area contributed by atoms with Gasteiger partial charge in [0.2, 0.25) is 0 Å². The zero-order valence-electron chi connectivity index (χ0n) is 17.3. The average molecular weight is 375 g/mol. The van der Waals surface area contributed by atoms with Gasteiger partial charge in [0.15, 0.2) is 0 Å². The molecule has 0 N–H and O–H groups in total. The topological polar surface area (TPSA) is 0 Å². The van der Waals surface area contributed by atoms with Crippen molar-refractivity contribution in [3.63, 3.8) is 0 Å². The Balaban J connectivity index is 1.85.